The molecule has 3 heteroatoms. The molecule has 130 valence electrons. The van der Waals surface area contributed by atoms with Crippen molar-refractivity contribution >= 4 is 25.8 Å². The predicted molar refractivity (Wildman–Crippen MR) is 111 cm³/mol. The number of hydrogen-bond donors (Lipinski definition) is 0. The summed E-state index contributed by atoms with van der Waals surface area (Å²) in [5.41, 5.74) is 0. The Balaban J connectivity index is 2.44. The zero-order chi connectivity index (χ0) is 17.5. The van der Waals surface area contributed by atoms with Gasteiger partial charge in [0.05, 0.1) is 0 Å². The standard InChI is InChI=1S/C21H32OSi2/c1-5-6-7-14-19-23(3,22-2)24(4,20-15-10-8-11-16-20)21-17-12-9-13-18-21/h8-13,15-18H,5-7,14,19H2,1-4H3. The summed E-state index contributed by atoms with van der Waals surface area (Å²) in [6.45, 7) is 7.29. The number of unbranched alkanes of at least 4 members (excludes halogenated alkanes) is 3. The molecule has 0 aliphatic heterocycles. The molecule has 0 heterocycles. The molecule has 0 saturated heterocycles. The van der Waals surface area contributed by atoms with E-state index in [1.165, 1.54) is 42.1 Å². The Morgan fingerprint density at radius 2 is 1.25 bits per heavy atom. The van der Waals surface area contributed by atoms with Crippen molar-refractivity contribution in [3.63, 3.8) is 0 Å². The summed E-state index contributed by atoms with van der Waals surface area (Å²) in [4.78, 5) is 0. The first kappa shape index (κ1) is 19.2. The van der Waals surface area contributed by atoms with Crippen molar-refractivity contribution < 1.29 is 4.43 Å². The van der Waals surface area contributed by atoms with Crippen LogP contribution < -0.4 is 10.4 Å². The van der Waals surface area contributed by atoms with Crippen LogP contribution in [-0.2, 0) is 4.43 Å². The van der Waals surface area contributed by atoms with Crippen LogP contribution in [0, 0.1) is 0 Å². The van der Waals surface area contributed by atoms with Gasteiger partial charge in [0.15, 0.2) is 7.83 Å². The second kappa shape index (κ2) is 8.79. The van der Waals surface area contributed by atoms with Gasteiger partial charge in [0.1, 0.15) is 7.59 Å². The summed E-state index contributed by atoms with van der Waals surface area (Å²) >= 11 is 0. The molecule has 0 aliphatic carbocycles. The molecule has 24 heavy (non-hydrogen) atoms. The third kappa shape index (κ3) is 3.90. The fourth-order valence-electron chi connectivity index (χ4n) is 3.77. The van der Waals surface area contributed by atoms with E-state index >= 15 is 0 Å². The van der Waals surface area contributed by atoms with Gasteiger partial charge < -0.3 is 4.43 Å². The van der Waals surface area contributed by atoms with Gasteiger partial charge in [0.2, 0.25) is 0 Å². The highest BCUT2D eigenvalue weighted by Crippen LogP contribution is 2.27. The van der Waals surface area contributed by atoms with Crippen molar-refractivity contribution in [3.05, 3.63) is 60.7 Å². The zero-order valence-electron chi connectivity index (χ0n) is 15.7. The van der Waals surface area contributed by atoms with Gasteiger partial charge in [0, 0.05) is 7.11 Å². The van der Waals surface area contributed by atoms with Gasteiger partial charge in [0.25, 0.3) is 0 Å². The Kier molecular flexibility index (Phi) is 7.02. The average Bonchev–Trinajstić information content (AvgIpc) is 2.65. The molecule has 0 spiro atoms. The molecule has 0 bridgehead atoms. The van der Waals surface area contributed by atoms with E-state index in [0.29, 0.717) is 0 Å². The minimum absolute atomic E-state index is 1.26. The second-order valence-electron chi connectivity index (χ2n) is 7.10. The fraction of sp³-hybridized carbons (Fsp3) is 0.429. The summed E-state index contributed by atoms with van der Waals surface area (Å²) in [6.07, 6.45) is 5.25. The van der Waals surface area contributed by atoms with Gasteiger partial charge >= 0.3 is 0 Å². The normalized spacial score (nSPS) is 14.3. The van der Waals surface area contributed by atoms with Gasteiger partial charge in [-0.2, -0.15) is 0 Å². The van der Waals surface area contributed by atoms with E-state index < -0.39 is 15.4 Å². The van der Waals surface area contributed by atoms with Crippen LogP contribution in [0.3, 0.4) is 0 Å². The molecule has 2 aromatic carbocycles. The van der Waals surface area contributed by atoms with Crippen molar-refractivity contribution in [1.82, 2.24) is 0 Å². The molecule has 1 unspecified atom stereocenters. The molecule has 0 saturated carbocycles. The lowest BCUT2D eigenvalue weighted by Gasteiger charge is -2.43. The molecule has 0 aromatic heterocycles. The van der Waals surface area contributed by atoms with E-state index in [-0.39, 0.29) is 0 Å². The molecule has 1 nitrogen and oxygen atoms in total. The van der Waals surface area contributed by atoms with Crippen molar-refractivity contribution in [2.24, 2.45) is 0 Å². The first-order chi connectivity index (χ1) is 11.6. The summed E-state index contributed by atoms with van der Waals surface area (Å²) in [5.74, 6) is 0. The van der Waals surface area contributed by atoms with E-state index in [1.807, 2.05) is 7.11 Å². The third-order valence-electron chi connectivity index (χ3n) is 5.72. The minimum atomic E-state index is -1.90. The van der Waals surface area contributed by atoms with Crippen LogP contribution in [0.1, 0.15) is 32.6 Å². The average molecular weight is 357 g/mol. The number of benzene rings is 2. The van der Waals surface area contributed by atoms with Gasteiger partial charge in [-0.05, 0) is 12.6 Å². The molecule has 0 N–H and O–H groups in total. The molecule has 0 aliphatic rings. The van der Waals surface area contributed by atoms with E-state index in [2.05, 4.69) is 80.7 Å². The van der Waals surface area contributed by atoms with Gasteiger partial charge in [-0.1, -0.05) is 110 Å². The highest BCUT2D eigenvalue weighted by Gasteiger charge is 2.51. The van der Waals surface area contributed by atoms with Crippen molar-refractivity contribution in [3.8, 4) is 0 Å². The molecule has 0 radical (unpaired) electrons. The zero-order valence-corrected chi connectivity index (χ0v) is 17.7. The third-order valence-corrected chi connectivity index (χ3v) is 22.5. The summed E-state index contributed by atoms with van der Waals surface area (Å²) in [5, 5.41) is 3.03. The lowest BCUT2D eigenvalue weighted by atomic mass is 10.2. The molecular formula is C21H32OSi2. The molecule has 0 fully saturated rings. The smallest absolute Gasteiger partial charge is 0.186 e. The summed E-state index contributed by atoms with van der Waals surface area (Å²) < 4.78 is 6.39. The molecule has 2 rings (SSSR count). The van der Waals surface area contributed by atoms with Crippen LogP contribution in [0.5, 0.6) is 0 Å². The van der Waals surface area contributed by atoms with Crippen LogP contribution in [0.25, 0.3) is 0 Å². The maximum absolute atomic E-state index is 6.39. The van der Waals surface area contributed by atoms with Gasteiger partial charge in [-0.25, -0.2) is 0 Å². The lowest BCUT2D eigenvalue weighted by molar-refractivity contribution is 0.411. The Hall–Kier alpha value is -1.17. The topological polar surface area (TPSA) is 9.23 Å². The molecule has 1 atom stereocenters. The highest BCUT2D eigenvalue weighted by atomic mass is 29.3. The molecule has 2 aromatic rings. The number of hydrogen-bond acceptors (Lipinski definition) is 1. The lowest BCUT2D eigenvalue weighted by Crippen LogP contribution is -2.74. The second-order valence-corrected chi connectivity index (χ2v) is 20.1. The van der Waals surface area contributed by atoms with Crippen LogP contribution >= 0.6 is 0 Å². The van der Waals surface area contributed by atoms with Crippen LogP contribution in [0.4, 0.5) is 0 Å². The van der Waals surface area contributed by atoms with Crippen molar-refractivity contribution in [2.75, 3.05) is 7.11 Å². The monoisotopic (exact) mass is 356 g/mol. The quantitative estimate of drug-likeness (QED) is 0.465. The van der Waals surface area contributed by atoms with E-state index in [0.717, 1.165) is 0 Å². The van der Waals surface area contributed by atoms with E-state index in [9.17, 15) is 0 Å². The number of rotatable bonds is 9. The van der Waals surface area contributed by atoms with Crippen molar-refractivity contribution in [2.45, 2.75) is 51.7 Å². The van der Waals surface area contributed by atoms with Gasteiger partial charge in [-0.3, -0.25) is 0 Å². The Labute approximate surface area is 150 Å². The molecule has 0 amide bonds. The Morgan fingerprint density at radius 1 is 0.750 bits per heavy atom. The van der Waals surface area contributed by atoms with Gasteiger partial charge in [-0.15, -0.1) is 0 Å². The Bertz CT molecular complexity index is 560. The Morgan fingerprint density at radius 3 is 1.67 bits per heavy atom. The first-order valence-corrected chi connectivity index (χ1v) is 15.4. The van der Waals surface area contributed by atoms with Crippen LogP contribution in [0.2, 0.25) is 19.1 Å². The summed E-state index contributed by atoms with van der Waals surface area (Å²) in [7, 11) is -1.81. The SMILES string of the molecule is CCCCCC[Si](C)(OC)[Si](C)(c1ccccc1)c1ccccc1. The van der Waals surface area contributed by atoms with Crippen molar-refractivity contribution in [1.29, 1.82) is 0 Å². The predicted octanol–water partition coefficient (Wildman–Crippen LogP) is 4.76. The largest absolute Gasteiger partial charge is 0.422 e. The van der Waals surface area contributed by atoms with E-state index in [1.54, 1.807) is 0 Å². The summed E-state index contributed by atoms with van der Waals surface area (Å²) in [6, 6.07) is 23.6. The first-order valence-electron chi connectivity index (χ1n) is 9.24. The fourth-order valence-corrected chi connectivity index (χ4v) is 17.0. The maximum Gasteiger partial charge on any atom is 0.186 e. The van der Waals surface area contributed by atoms with E-state index in [4.69, 9.17) is 4.43 Å². The minimum Gasteiger partial charge on any atom is -0.422 e. The molecular weight excluding hydrogens is 324 g/mol. The van der Waals surface area contributed by atoms with Crippen LogP contribution in [-0.4, -0.2) is 22.5 Å². The van der Waals surface area contributed by atoms with Crippen LogP contribution in [0.15, 0.2) is 60.7 Å². The highest BCUT2D eigenvalue weighted by molar-refractivity contribution is 7.49. The maximum atomic E-state index is 6.39.